The zero-order valence-corrected chi connectivity index (χ0v) is 19.2. The third-order valence-electron chi connectivity index (χ3n) is 4.99. The maximum absolute atomic E-state index is 12.7. The van der Waals surface area contributed by atoms with Crippen molar-refractivity contribution in [3.8, 4) is 5.69 Å². The summed E-state index contributed by atoms with van der Waals surface area (Å²) in [6.45, 7) is 1.99. The highest BCUT2D eigenvalue weighted by Crippen LogP contribution is 2.35. The Morgan fingerprint density at radius 3 is 2.72 bits per heavy atom. The van der Waals surface area contributed by atoms with Gasteiger partial charge in [0.15, 0.2) is 4.34 Å². The Hall–Kier alpha value is -2.92. The zero-order valence-electron chi connectivity index (χ0n) is 17.6. The van der Waals surface area contributed by atoms with Crippen molar-refractivity contribution in [2.24, 2.45) is 0 Å². The van der Waals surface area contributed by atoms with Crippen molar-refractivity contribution in [1.82, 2.24) is 20.0 Å². The molecule has 2 N–H and O–H groups in total. The number of nitrogens with zero attached hydrogens (tertiary/aromatic N) is 4. The minimum absolute atomic E-state index is 0.159. The van der Waals surface area contributed by atoms with Gasteiger partial charge in [0, 0.05) is 12.0 Å². The quantitative estimate of drug-likeness (QED) is 0.362. The van der Waals surface area contributed by atoms with Gasteiger partial charge in [-0.25, -0.2) is 9.48 Å². The summed E-state index contributed by atoms with van der Waals surface area (Å²) in [5.41, 5.74) is 1.92. The normalized spacial score (nSPS) is 13.8. The van der Waals surface area contributed by atoms with Crippen LogP contribution in [0.3, 0.4) is 0 Å². The minimum Gasteiger partial charge on any atom is -0.450 e. The summed E-state index contributed by atoms with van der Waals surface area (Å²) in [7, 11) is 0. The molecule has 3 aromatic rings. The van der Waals surface area contributed by atoms with Crippen LogP contribution < -0.4 is 10.6 Å². The molecule has 0 bridgehead atoms. The molecule has 1 aliphatic carbocycles. The number of rotatable bonds is 8. The predicted octanol–water partition coefficient (Wildman–Crippen LogP) is 4.68. The maximum Gasteiger partial charge on any atom is 0.413 e. The average molecular weight is 473 g/mol. The van der Waals surface area contributed by atoms with E-state index >= 15 is 0 Å². The first kappa shape index (κ1) is 22.3. The smallest absolute Gasteiger partial charge is 0.413 e. The van der Waals surface area contributed by atoms with E-state index in [1.54, 1.807) is 11.6 Å². The van der Waals surface area contributed by atoms with Crippen LogP contribution in [0.5, 0.6) is 0 Å². The molecule has 0 saturated heterocycles. The van der Waals surface area contributed by atoms with E-state index in [-0.39, 0.29) is 18.3 Å². The summed E-state index contributed by atoms with van der Waals surface area (Å²) < 4.78 is 7.19. The lowest BCUT2D eigenvalue weighted by Crippen LogP contribution is -2.16. The van der Waals surface area contributed by atoms with Gasteiger partial charge < -0.3 is 10.1 Å². The molecule has 0 spiro atoms. The lowest BCUT2D eigenvalue weighted by molar-refractivity contribution is -0.113. The van der Waals surface area contributed by atoms with Gasteiger partial charge in [-0.3, -0.25) is 10.1 Å². The average Bonchev–Trinajstić information content (AvgIpc) is 3.54. The largest absolute Gasteiger partial charge is 0.450 e. The number of thioether (sulfide) groups is 1. The Kier molecular flexibility index (Phi) is 7.38. The van der Waals surface area contributed by atoms with Crippen LogP contribution in [0.4, 0.5) is 15.7 Å². The molecule has 11 heteroatoms. The standard InChI is InChI=1S/C21H24N6O3S2/c1-2-30-20(29)23-19-24-25-21(32-19)31-13-18(28)22-17-12-16(14-8-6-7-9-14)26-27(17)15-10-4-3-5-11-15/h3-5,10-12,14H,2,6-9,13H2,1H3,(H,22,28)(H,23,24,29). The van der Waals surface area contributed by atoms with E-state index in [9.17, 15) is 9.59 Å². The van der Waals surface area contributed by atoms with Crippen LogP contribution in [0.15, 0.2) is 40.7 Å². The second-order valence-corrected chi connectivity index (χ2v) is 9.44. The van der Waals surface area contributed by atoms with Crippen LogP contribution in [-0.4, -0.2) is 44.3 Å². The highest BCUT2D eigenvalue weighted by molar-refractivity contribution is 8.01. The first-order valence-electron chi connectivity index (χ1n) is 10.5. The number of aromatic nitrogens is 4. The molecule has 168 valence electrons. The van der Waals surface area contributed by atoms with Gasteiger partial charge in [-0.2, -0.15) is 5.10 Å². The molecule has 1 aliphatic rings. The first-order chi connectivity index (χ1) is 15.6. The fourth-order valence-electron chi connectivity index (χ4n) is 3.55. The molecular formula is C21H24N6O3S2. The van der Waals surface area contributed by atoms with Gasteiger partial charge in [-0.05, 0) is 31.9 Å². The number of hydrogen-bond donors (Lipinski definition) is 2. The number of carbonyl (C=O) groups is 2. The van der Waals surface area contributed by atoms with Gasteiger partial charge in [-0.15, -0.1) is 10.2 Å². The van der Waals surface area contributed by atoms with Crippen LogP contribution in [-0.2, 0) is 9.53 Å². The molecule has 1 fully saturated rings. The summed E-state index contributed by atoms with van der Waals surface area (Å²) in [5.74, 6) is 1.09. The Bertz CT molecular complexity index is 1060. The molecule has 32 heavy (non-hydrogen) atoms. The SMILES string of the molecule is CCOC(=O)Nc1nnc(SCC(=O)Nc2cc(C3CCCC3)nn2-c2ccccc2)s1. The Morgan fingerprint density at radius 2 is 1.97 bits per heavy atom. The summed E-state index contributed by atoms with van der Waals surface area (Å²) >= 11 is 2.44. The molecule has 1 saturated carbocycles. The van der Waals surface area contributed by atoms with Crippen molar-refractivity contribution in [3.05, 3.63) is 42.1 Å². The maximum atomic E-state index is 12.7. The van der Waals surface area contributed by atoms with Crippen LogP contribution >= 0.6 is 23.1 Å². The summed E-state index contributed by atoms with van der Waals surface area (Å²) in [6, 6.07) is 11.8. The van der Waals surface area contributed by atoms with E-state index in [1.807, 2.05) is 36.4 Å². The van der Waals surface area contributed by atoms with Crippen LogP contribution in [0.2, 0.25) is 0 Å². The molecule has 2 aromatic heterocycles. The zero-order chi connectivity index (χ0) is 22.3. The second-order valence-electron chi connectivity index (χ2n) is 7.24. The topological polar surface area (TPSA) is 111 Å². The monoisotopic (exact) mass is 472 g/mol. The number of ether oxygens (including phenoxy) is 1. The third-order valence-corrected chi connectivity index (χ3v) is 6.96. The van der Waals surface area contributed by atoms with Crippen molar-refractivity contribution >= 4 is 46.0 Å². The fraction of sp³-hybridized carbons (Fsp3) is 0.381. The van der Waals surface area contributed by atoms with E-state index in [0.717, 1.165) is 24.2 Å². The number of nitrogens with one attached hydrogen (secondary N) is 2. The van der Waals surface area contributed by atoms with Crippen molar-refractivity contribution in [2.45, 2.75) is 42.9 Å². The number of benzene rings is 1. The lowest BCUT2D eigenvalue weighted by atomic mass is 10.0. The number of amides is 2. The first-order valence-corrected chi connectivity index (χ1v) is 12.3. The number of anilines is 2. The molecule has 4 rings (SSSR count). The van der Waals surface area contributed by atoms with E-state index in [4.69, 9.17) is 9.84 Å². The molecule has 2 heterocycles. The molecule has 0 aliphatic heterocycles. The Balaban J connectivity index is 1.40. The summed E-state index contributed by atoms with van der Waals surface area (Å²) in [4.78, 5) is 24.1. The number of hydrogen-bond acceptors (Lipinski definition) is 8. The van der Waals surface area contributed by atoms with Crippen molar-refractivity contribution < 1.29 is 14.3 Å². The second kappa shape index (κ2) is 10.6. The van der Waals surface area contributed by atoms with Gasteiger partial charge in [0.05, 0.1) is 23.7 Å². The Labute approximate surface area is 194 Å². The van der Waals surface area contributed by atoms with E-state index in [2.05, 4.69) is 20.8 Å². The molecule has 1 aromatic carbocycles. The van der Waals surface area contributed by atoms with Crippen LogP contribution in [0.25, 0.3) is 5.69 Å². The lowest BCUT2D eigenvalue weighted by Gasteiger charge is -2.08. The highest BCUT2D eigenvalue weighted by Gasteiger charge is 2.22. The van der Waals surface area contributed by atoms with Gasteiger partial charge in [0.25, 0.3) is 0 Å². The van der Waals surface area contributed by atoms with Crippen LogP contribution in [0.1, 0.15) is 44.2 Å². The van der Waals surface area contributed by atoms with Crippen molar-refractivity contribution in [2.75, 3.05) is 23.0 Å². The van der Waals surface area contributed by atoms with Gasteiger partial charge >= 0.3 is 6.09 Å². The molecule has 0 unspecified atom stereocenters. The fourth-order valence-corrected chi connectivity index (χ4v) is 5.09. The van der Waals surface area contributed by atoms with Crippen molar-refractivity contribution in [1.29, 1.82) is 0 Å². The number of para-hydroxylation sites is 1. The number of carbonyl (C=O) groups excluding carboxylic acids is 2. The van der Waals surface area contributed by atoms with Gasteiger partial charge in [0.1, 0.15) is 5.82 Å². The molecule has 9 nitrogen and oxygen atoms in total. The van der Waals surface area contributed by atoms with Gasteiger partial charge in [-0.1, -0.05) is 54.1 Å². The molecule has 2 amide bonds. The van der Waals surface area contributed by atoms with E-state index < -0.39 is 6.09 Å². The highest BCUT2D eigenvalue weighted by atomic mass is 32.2. The summed E-state index contributed by atoms with van der Waals surface area (Å²) in [5, 5.41) is 18.5. The van der Waals surface area contributed by atoms with Crippen molar-refractivity contribution in [3.63, 3.8) is 0 Å². The molecular weight excluding hydrogens is 448 g/mol. The summed E-state index contributed by atoms with van der Waals surface area (Å²) in [6.07, 6.45) is 4.12. The van der Waals surface area contributed by atoms with Crippen LogP contribution in [0, 0.1) is 0 Å². The molecule has 0 atom stereocenters. The Morgan fingerprint density at radius 1 is 1.19 bits per heavy atom. The van der Waals surface area contributed by atoms with Gasteiger partial charge in [0.2, 0.25) is 11.0 Å². The third kappa shape index (κ3) is 5.65. The minimum atomic E-state index is -0.579. The van der Waals surface area contributed by atoms with E-state index in [0.29, 0.717) is 21.2 Å². The predicted molar refractivity (Wildman–Crippen MR) is 125 cm³/mol. The van der Waals surface area contributed by atoms with E-state index in [1.165, 1.54) is 35.9 Å². The molecule has 0 radical (unpaired) electrons.